The molecule has 162 valence electrons. The first-order valence-electron chi connectivity index (χ1n) is 8.89. The van der Waals surface area contributed by atoms with Crippen molar-refractivity contribution in [3.63, 3.8) is 0 Å². The van der Waals surface area contributed by atoms with Gasteiger partial charge in [0, 0.05) is 16.5 Å². The third-order valence-corrected chi connectivity index (χ3v) is 4.76. The van der Waals surface area contributed by atoms with E-state index in [0.29, 0.717) is 22.6 Å². The number of aromatic amines is 1. The van der Waals surface area contributed by atoms with E-state index in [2.05, 4.69) is 20.5 Å². The van der Waals surface area contributed by atoms with Gasteiger partial charge in [-0.25, -0.2) is 4.98 Å². The summed E-state index contributed by atoms with van der Waals surface area (Å²) in [7, 11) is 1.53. The summed E-state index contributed by atoms with van der Waals surface area (Å²) < 4.78 is 82.8. The number of nitrogens with zero attached hydrogens (tertiary/aromatic N) is 2. The van der Waals surface area contributed by atoms with Gasteiger partial charge in [0.15, 0.2) is 11.7 Å². The molecule has 0 aliphatic rings. The molecule has 0 aliphatic heterocycles. The number of nitrogens with one attached hydrogen (secondary N) is 2. The molecule has 2 N–H and O–H groups in total. The van der Waals surface area contributed by atoms with Crippen molar-refractivity contribution in [2.24, 2.45) is 0 Å². The van der Waals surface area contributed by atoms with E-state index < -0.39 is 23.8 Å². The number of aromatic nitrogens is 3. The van der Waals surface area contributed by atoms with Crippen LogP contribution in [0.15, 0.2) is 48.7 Å². The van der Waals surface area contributed by atoms with Crippen molar-refractivity contribution in [1.82, 2.24) is 15.2 Å². The largest absolute Gasteiger partial charge is 0.497 e. The second kappa shape index (κ2) is 7.33. The van der Waals surface area contributed by atoms with Crippen LogP contribution in [-0.2, 0) is 0 Å². The molecule has 0 saturated carbocycles. The zero-order valence-electron chi connectivity index (χ0n) is 15.8. The van der Waals surface area contributed by atoms with Crippen LogP contribution < -0.4 is 10.1 Å². The number of ether oxygens (including phenoxy) is 1. The molecule has 0 unspecified atom stereocenters. The van der Waals surface area contributed by atoms with Gasteiger partial charge < -0.3 is 10.1 Å². The van der Waals surface area contributed by atoms with Gasteiger partial charge in [-0.05, 0) is 35.9 Å². The van der Waals surface area contributed by atoms with Gasteiger partial charge in [0.1, 0.15) is 11.3 Å². The zero-order valence-corrected chi connectivity index (χ0v) is 15.8. The molecule has 0 saturated heterocycles. The van der Waals surface area contributed by atoms with Crippen LogP contribution in [-0.4, -0.2) is 34.6 Å². The van der Waals surface area contributed by atoms with Crippen LogP contribution in [0.5, 0.6) is 5.75 Å². The van der Waals surface area contributed by atoms with Crippen LogP contribution >= 0.6 is 0 Å². The number of halogens is 6. The number of benzene rings is 2. The predicted octanol–water partition coefficient (Wildman–Crippen LogP) is 6.07. The van der Waals surface area contributed by atoms with Gasteiger partial charge in [0.25, 0.3) is 0 Å². The molecule has 0 radical (unpaired) electrons. The first kappa shape index (κ1) is 20.8. The van der Waals surface area contributed by atoms with Gasteiger partial charge in [-0.2, -0.15) is 31.4 Å². The standard InChI is InChI=1S/C20H14F6N4O/c1-31-12-6-7-15-13(8-12)14-9-27-30-16(14)18(29-15)28-11-4-2-10(3-5-11)17(19(21,22)23)20(24,25)26/h2-9,17H,1H3,(H,27,30)(H,28,29). The molecule has 11 heteroatoms. The van der Waals surface area contributed by atoms with Crippen molar-refractivity contribution < 1.29 is 31.1 Å². The third kappa shape index (κ3) is 3.94. The fourth-order valence-electron chi connectivity index (χ4n) is 3.35. The maximum absolute atomic E-state index is 12.9. The topological polar surface area (TPSA) is 62.8 Å². The summed E-state index contributed by atoms with van der Waals surface area (Å²) in [5, 5.41) is 11.2. The maximum Gasteiger partial charge on any atom is 0.404 e. The van der Waals surface area contributed by atoms with Crippen molar-refractivity contribution in [3.8, 4) is 5.75 Å². The predicted molar refractivity (Wildman–Crippen MR) is 103 cm³/mol. The SMILES string of the molecule is COc1ccc2nc(Nc3ccc(C(C(F)(F)F)C(F)(F)F)cc3)c3[nH]ncc3c2c1. The van der Waals surface area contributed by atoms with Gasteiger partial charge in [-0.15, -0.1) is 0 Å². The van der Waals surface area contributed by atoms with E-state index in [-0.39, 0.29) is 5.69 Å². The summed E-state index contributed by atoms with van der Waals surface area (Å²) in [5.74, 6) is -2.61. The average molecular weight is 440 g/mol. The first-order valence-corrected chi connectivity index (χ1v) is 8.89. The van der Waals surface area contributed by atoms with Crippen LogP contribution in [0.25, 0.3) is 21.8 Å². The Bertz CT molecular complexity index is 1220. The lowest BCUT2D eigenvalue weighted by molar-refractivity contribution is -0.253. The van der Waals surface area contributed by atoms with Crippen molar-refractivity contribution in [2.75, 3.05) is 12.4 Å². The molecular weight excluding hydrogens is 426 g/mol. The summed E-state index contributed by atoms with van der Waals surface area (Å²) in [6, 6.07) is 9.10. The minimum Gasteiger partial charge on any atom is -0.497 e. The summed E-state index contributed by atoms with van der Waals surface area (Å²) >= 11 is 0. The first-order chi connectivity index (χ1) is 14.6. The van der Waals surface area contributed by atoms with Crippen molar-refractivity contribution in [1.29, 1.82) is 0 Å². The molecule has 2 heterocycles. The Morgan fingerprint density at radius 2 is 1.61 bits per heavy atom. The molecule has 0 atom stereocenters. The molecule has 2 aromatic carbocycles. The molecule has 31 heavy (non-hydrogen) atoms. The number of pyridine rings is 1. The minimum atomic E-state index is -5.45. The number of rotatable bonds is 4. The number of methoxy groups -OCH3 is 1. The van der Waals surface area contributed by atoms with Crippen molar-refractivity contribution in [2.45, 2.75) is 18.3 Å². The highest BCUT2D eigenvalue weighted by atomic mass is 19.4. The Balaban J connectivity index is 1.70. The van der Waals surface area contributed by atoms with Gasteiger partial charge in [0.05, 0.1) is 18.8 Å². The van der Waals surface area contributed by atoms with Crippen LogP contribution in [0.4, 0.5) is 37.8 Å². The molecule has 0 bridgehead atoms. The van der Waals surface area contributed by atoms with E-state index in [1.807, 2.05) is 0 Å². The summed E-state index contributed by atoms with van der Waals surface area (Å²) in [6.07, 6.45) is -9.31. The van der Waals surface area contributed by atoms with Gasteiger partial charge in [-0.1, -0.05) is 12.1 Å². The Morgan fingerprint density at radius 1 is 0.935 bits per heavy atom. The van der Waals surface area contributed by atoms with E-state index in [1.165, 1.54) is 7.11 Å². The Kier molecular flexibility index (Phi) is 4.91. The Hall–Kier alpha value is -3.50. The summed E-state index contributed by atoms with van der Waals surface area (Å²) in [4.78, 5) is 4.48. The Labute approximate surface area is 171 Å². The van der Waals surface area contributed by atoms with Crippen molar-refractivity contribution in [3.05, 3.63) is 54.2 Å². The molecule has 0 amide bonds. The fourth-order valence-corrected chi connectivity index (χ4v) is 3.35. The van der Waals surface area contributed by atoms with E-state index >= 15 is 0 Å². The van der Waals surface area contributed by atoms with Gasteiger partial charge in [-0.3, -0.25) is 5.10 Å². The van der Waals surface area contributed by atoms with Crippen LogP contribution in [0.2, 0.25) is 0 Å². The molecule has 4 rings (SSSR count). The van der Waals surface area contributed by atoms with Crippen molar-refractivity contribution >= 4 is 33.3 Å². The lowest BCUT2D eigenvalue weighted by atomic mass is 9.97. The number of fused-ring (bicyclic) bond motifs is 3. The fraction of sp³-hybridized carbons (Fsp3) is 0.200. The number of H-pyrrole nitrogens is 1. The number of hydrogen-bond donors (Lipinski definition) is 2. The van der Waals surface area contributed by atoms with Gasteiger partial charge >= 0.3 is 12.4 Å². The second-order valence-corrected chi connectivity index (χ2v) is 6.77. The molecule has 4 aromatic rings. The number of anilines is 2. The quantitative estimate of drug-likeness (QED) is 0.378. The highest BCUT2D eigenvalue weighted by Crippen LogP contribution is 2.46. The number of hydrogen-bond acceptors (Lipinski definition) is 4. The highest BCUT2D eigenvalue weighted by molar-refractivity contribution is 6.09. The lowest BCUT2D eigenvalue weighted by Gasteiger charge is -2.23. The summed E-state index contributed by atoms with van der Waals surface area (Å²) in [5.41, 5.74) is 0.496. The zero-order chi connectivity index (χ0) is 22.4. The monoisotopic (exact) mass is 440 g/mol. The normalized spacial score (nSPS) is 12.6. The molecular formula is C20H14F6N4O. The average Bonchev–Trinajstić information content (AvgIpc) is 3.17. The molecule has 0 aliphatic carbocycles. The molecule has 0 spiro atoms. The molecule has 2 aromatic heterocycles. The molecule has 0 fully saturated rings. The van der Waals surface area contributed by atoms with Crippen LogP contribution in [0, 0.1) is 0 Å². The lowest BCUT2D eigenvalue weighted by Crippen LogP contribution is -2.34. The van der Waals surface area contributed by atoms with Crippen LogP contribution in [0.1, 0.15) is 11.5 Å². The third-order valence-electron chi connectivity index (χ3n) is 4.76. The van der Waals surface area contributed by atoms with Gasteiger partial charge in [0.2, 0.25) is 0 Å². The highest BCUT2D eigenvalue weighted by Gasteiger charge is 2.57. The second-order valence-electron chi connectivity index (χ2n) is 6.77. The smallest absolute Gasteiger partial charge is 0.404 e. The van der Waals surface area contributed by atoms with E-state index in [0.717, 1.165) is 35.0 Å². The van der Waals surface area contributed by atoms with Crippen LogP contribution in [0.3, 0.4) is 0 Å². The number of alkyl halides is 6. The van der Waals surface area contributed by atoms with E-state index in [1.54, 1.807) is 24.4 Å². The Morgan fingerprint density at radius 3 is 2.23 bits per heavy atom. The maximum atomic E-state index is 12.9. The molecule has 5 nitrogen and oxygen atoms in total. The van der Waals surface area contributed by atoms with E-state index in [9.17, 15) is 26.3 Å². The minimum absolute atomic E-state index is 0.267. The summed E-state index contributed by atoms with van der Waals surface area (Å²) in [6.45, 7) is 0. The van der Waals surface area contributed by atoms with E-state index in [4.69, 9.17) is 4.74 Å².